The molecule has 0 unspecified atom stereocenters. The zero-order chi connectivity index (χ0) is 21.6. The van der Waals surface area contributed by atoms with Crippen molar-refractivity contribution >= 4 is 11.8 Å². The number of hydrogen-bond acceptors (Lipinski definition) is 6. The van der Waals surface area contributed by atoms with Gasteiger partial charge in [0.15, 0.2) is 11.6 Å². The minimum Gasteiger partial charge on any atom is -0.494 e. The summed E-state index contributed by atoms with van der Waals surface area (Å²) in [6, 6.07) is 4.58. The Morgan fingerprint density at radius 2 is 1.97 bits per heavy atom. The summed E-state index contributed by atoms with van der Waals surface area (Å²) in [5, 5.41) is 0. The summed E-state index contributed by atoms with van der Waals surface area (Å²) in [5.74, 6) is 0.761. The molecule has 2 heterocycles. The van der Waals surface area contributed by atoms with E-state index in [1.165, 1.54) is 36.7 Å². The molecule has 1 aromatic carbocycles. The number of ether oxygens (including phenoxy) is 1. The molecule has 1 aliphatic heterocycles. The van der Waals surface area contributed by atoms with Gasteiger partial charge < -0.3 is 21.1 Å². The van der Waals surface area contributed by atoms with Gasteiger partial charge in [-0.1, -0.05) is 13.0 Å². The fourth-order valence-electron chi connectivity index (χ4n) is 5.18. The van der Waals surface area contributed by atoms with Crippen LogP contribution in [0.5, 0.6) is 5.75 Å². The Hall–Kier alpha value is -2.61. The molecule has 162 valence electrons. The Kier molecular flexibility index (Phi) is 5.22. The van der Waals surface area contributed by atoms with Gasteiger partial charge in [-0.2, -0.15) is 4.98 Å². The molecule has 4 rings (SSSR count). The zero-order valence-corrected chi connectivity index (χ0v) is 17.8. The van der Waals surface area contributed by atoms with E-state index in [2.05, 4.69) is 16.8 Å². The van der Waals surface area contributed by atoms with Gasteiger partial charge in [0, 0.05) is 26.2 Å². The Balaban J connectivity index is 1.63. The molecule has 2 aromatic rings. The highest BCUT2D eigenvalue weighted by Crippen LogP contribution is 2.48. The summed E-state index contributed by atoms with van der Waals surface area (Å²) >= 11 is 0. The summed E-state index contributed by atoms with van der Waals surface area (Å²) in [5.41, 5.74) is 13.2. The normalized spacial score (nSPS) is 23.2. The predicted octanol–water partition coefficient (Wildman–Crippen LogP) is 2.52. The van der Waals surface area contributed by atoms with Gasteiger partial charge in [0.05, 0.1) is 12.7 Å². The monoisotopic (exact) mass is 415 g/mol. The lowest BCUT2D eigenvalue weighted by molar-refractivity contribution is 0.185. The van der Waals surface area contributed by atoms with Gasteiger partial charge >= 0.3 is 0 Å². The zero-order valence-electron chi connectivity index (χ0n) is 17.8. The van der Waals surface area contributed by atoms with Crippen molar-refractivity contribution in [2.24, 2.45) is 24.1 Å². The predicted molar refractivity (Wildman–Crippen MR) is 116 cm³/mol. The maximum absolute atomic E-state index is 14.2. The number of nitrogens with zero attached hydrogens (tertiary/aromatic N) is 3. The van der Waals surface area contributed by atoms with Crippen LogP contribution in [-0.2, 0) is 7.05 Å². The van der Waals surface area contributed by atoms with E-state index in [-0.39, 0.29) is 34.1 Å². The number of nitrogens with two attached hydrogens (primary N) is 2. The number of aromatic nitrogens is 2. The number of halogens is 1. The highest BCUT2D eigenvalue weighted by Gasteiger charge is 2.46. The molecule has 2 atom stereocenters. The minimum atomic E-state index is -0.552. The molecular formula is C22H30FN5O2. The Labute approximate surface area is 175 Å². The number of rotatable bonds is 3. The van der Waals surface area contributed by atoms with Crippen LogP contribution in [0.2, 0.25) is 0 Å². The van der Waals surface area contributed by atoms with Crippen molar-refractivity contribution in [3.8, 4) is 16.9 Å². The first-order valence-electron chi connectivity index (χ1n) is 10.5. The van der Waals surface area contributed by atoms with Gasteiger partial charge in [-0.3, -0.25) is 9.36 Å². The third-order valence-corrected chi connectivity index (χ3v) is 7.20. The lowest BCUT2D eigenvalue weighted by Crippen LogP contribution is -2.49. The quantitative estimate of drug-likeness (QED) is 0.799. The number of piperidine rings is 1. The Bertz CT molecular complexity index is 1010. The molecule has 0 amide bonds. The van der Waals surface area contributed by atoms with Crippen molar-refractivity contribution in [2.75, 3.05) is 30.8 Å². The van der Waals surface area contributed by atoms with Gasteiger partial charge in [-0.05, 0) is 54.7 Å². The standard InChI is InChI=1S/C22H30FN5O2/c1-13-6-7-22(18(13)24)8-10-28(11-9-22)21-26-19(25)17(20(29)27(21)2)14-4-5-16(30-3)15(23)12-14/h4-5,12-13,18H,6-11,24-25H2,1-3H3/t13-,18-/m1/s1. The highest BCUT2D eigenvalue weighted by molar-refractivity contribution is 5.74. The molecule has 2 fully saturated rings. The van der Waals surface area contributed by atoms with Crippen LogP contribution in [0, 0.1) is 17.2 Å². The van der Waals surface area contributed by atoms with Crippen molar-refractivity contribution in [2.45, 2.75) is 38.6 Å². The molecule has 2 aliphatic rings. The Morgan fingerprint density at radius 3 is 2.53 bits per heavy atom. The molecule has 1 aliphatic carbocycles. The summed E-state index contributed by atoms with van der Waals surface area (Å²) in [6.45, 7) is 3.81. The Morgan fingerprint density at radius 1 is 1.27 bits per heavy atom. The number of benzene rings is 1. The van der Waals surface area contributed by atoms with Gasteiger partial charge in [-0.15, -0.1) is 0 Å². The van der Waals surface area contributed by atoms with Crippen LogP contribution in [0.15, 0.2) is 23.0 Å². The van der Waals surface area contributed by atoms with E-state index in [1.807, 2.05) is 0 Å². The lowest BCUT2D eigenvalue weighted by Gasteiger charge is -2.43. The van der Waals surface area contributed by atoms with Crippen LogP contribution < -0.4 is 26.7 Å². The van der Waals surface area contributed by atoms with Gasteiger partial charge in [0.1, 0.15) is 5.82 Å². The molecule has 1 spiro atoms. The van der Waals surface area contributed by atoms with Crippen LogP contribution in [0.3, 0.4) is 0 Å². The number of nitrogen functional groups attached to an aromatic ring is 1. The van der Waals surface area contributed by atoms with Gasteiger partial charge in [0.2, 0.25) is 5.95 Å². The fourth-order valence-corrected chi connectivity index (χ4v) is 5.18. The minimum absolute atomic E-state index is 0.101. The van der Waals surface area contributed by atoms with Crippen molar-refractivity contribution in [3.05, 3.63) is 34.4 Å². The summed E-state index contributed by atoms with van der Waals surface area (Å²) in [6.07, 6.45) is 4.32. The van der Waals surface area contributed by atoms with Gasteiger partial charge in [0.25, 0.3) is 5.56 Å². The molecule has 0 radical (unpaired) electrons. The fraction of sp³-hybridized carbons (Fsp3) is 0.545. The summed E-state index contributed by atoms with van der Waals surface area (Å²) < 4.78 is 20.6. The lowest BCUT2D eigenvalue weighted by atomic mass is 9.73. The van der Waals surface area contributed by atoms with Crippen LogP contribution in [0.4, 0.5) is 16.2 Å². The van der Waals surface area contributed by atoms with E-state index in [0.29, 0.717) is 17.4 Å². The number of methoxy groups -OCH3 is 1. The number of anilines is 2. The number of hydrogen-bond donors (Lipinski definition) is 2. The van der Waals surface area contributed by atoms with E-state index in [9.17, 15) is 9.18 Å². The van der Waals surface area contributed by atoms with E-state index in [4.69, 9.17) is 16.2 Å². The third-order valence-electron chi connectivity index (χ3n) is 7.20. The first kappa shape index (κ1) is 20.7. The van der Waals surface area contributed by atoms with E-state index < -0.39 is 5.82 Å². The van der Waals surface area contributed by atoms with Crippen molar-refractivity contribution < 1.29 is 9.13 Å². The second kappa shape index (κ2) is 7.58. The maximum Gasteiger partial charge on any atom is 0.264 e. The van der Waals surface area contributed by atoms with Crippen molar-refractivity contribution in [1.29, 1.82) is 0 Å². The summed E-state index contributed by atoms with van der Waals surface area (Å²) in [7, 11) is 3.07. The summed E-state index contributed by atoms with van der Waals surface area (Å²) in [4.78, 5) is 19.8. The van der Waals surface area contributed by atoms with E-state index >= 15 is 0 Å². The molecule has 30 heavy (non-hydrogen) atoms. The average molecular weight is 416 g/mol. The van der Waals surface area contributed by atoms with Crippen molar-refractivity contribution in [1.82, 2.24) is 9.55 Å². The second-order valence-electron chi connectivity index (χ2n) is 8.78. The van der Waals surface area contributed by atoms with Crippen LogP contribution in [-0.4, -0.2) is 35.8 Å². The van der Waals surface area contributed by atoms with E-state index in [1.54, 1.807) is 13.1 Å². The first-order chi connectivity index (χ1) is 14.3. The maximum atomic E-state index is 14.2. The molecule has 0 bridgehead atoms. The SMILES string of the molecule is COc1ccc(-c2c(N)nc(N3CCC4(CC[C@@H](C)[C@H]4N)CC3)n(C)c2=O)cc1F. The first-order valence-corrected chi connectivity index (χ1v) is 10.5. The average Bonchev–Trinajstić information content (AvgIpc) is 3.00. The topological polar surface area (TPSA) is 99.4 Å². The van der Waals surface area contributed by atoms with Crippen LogP contribution in [0.25, 0.3) is 11.1 Å². The van der Waals surface area contributed by atoms with Crippen LogP contribution in [0.1, 0.15) is 32.6 Å². The van der Waals surface area contributed by atoms with Gasteiger partial charge in [-0.25, -0.2) is 4.39 Å². The van der Waals surface area contributed by atoms with E-state index in [0.717, 1.165) is 25.9 Å². The van der Waals surface area contributed by atoms with Crippen LogP contribution >= 0.6 is 0 Å². The third kappa shape index (κ3) is 3.23. The molecule has 1 saturated carbocycles. The second-order valence-corrected chi connectivity index (χ2v) is 8.78. The largest absolute Gasteiger partial charge is 0.494 e. The molecule has 1 aromatic heterocycles. The molecular weight excluding hydrogens is 385 g/mol. The molecule has 1 saturated heterocycles. The molecule has 8 heteroatoms. The molecule has 4 N–H and O–H groups in total. The molecule has 7 nitrogen and oxygen atoms in total. The van der Waals surface area contributed by atoms with Crippen molar-refractivity contribution in [3.63, 3.8) is 0 Å². The highest BCUT2D eigenvalue weighted by atomic mass is 19.1. The smallest absolute Gasteiger partial charge is 0.264 e.